The van der Waals surface area contributed by atoms with E-state index in [0.717, 1.165) is 5.56 Å². The van der Waals surface area contributed by atoms with Crippen LogP contribution in [0.5, 0.6) is 11.5 Å². The number of nitro benzene ring substituents is 1. The van der Waals surface area contributed by atoms with Crippen molar-refractivity contribution in [2.45, 2.75) is 12.3 Å². The van der Waals surface area contributed by atoms with Gasteiger partial charge in [-0.2, -0.15) is 0 Å². The van der Waals surface area contributed by atoms with Crippen molar-refractivity contribution in [3.63, 3.8) is 0 Å². The fourth-order valence-corrected chi connectivity index (χ4v) is 2.03. The summed E-state index contributed by atoms with van der Waals surface area (Å²) in [7, 11) is 0. The summed E-state index contributed by atoms with van der Waals surface area (Å²) in [5.74, 6) is -0.0987. The van der Waals surface area contributed by atoms with Gasteiger partial charge >= 0.3 is 5.69 Å². The van der Waals surface area contributed by atoms with Gasteiger partial charge in [-0.05, 0) is 30.2 Å². The number of hydrogen-bond donors (Lipinski definition) is 0. The van der Waals surface area contributed by atoms with Gasteiger partial charge < -0.3 is 4.74 Å². The number of alkyl halides is 1. The molecule has 0 fully saturated rings. The number of hydrogen-bond acceptors (Lipinski definition) is 3. The van der Waals surface area contributed by atoms with E-state index in [4.69, 9.17) is 4.74 Å². The van der Waals surface area contributed by atoms with E-state index in [1.807, 2.05) is 0 Å². The van der Waals surface area contributed by atoms with Crippen molar-refractivity contribution in [1.82, 2.24) is 0 Å². The molecule has 2 aromatic carbocycles. The second-order valence-corrected chi connectivity index (χ2v) is 4.77. The summed E-state index contributed by atoms with van der Waals surface area (Å²) in [6.45, 7) is 1.74. The first-order valence-corrected chi connectivity index (χ1v) is 6.90. The molecular weight excluding hydrogens is 329 g/mol. The number of rotatable bonds is 4. The highest BCUT2D eigenvalue weighted by Gasteiger charge is 2.17. The van der Waals surface area contributed by atoms with Gasteiger partial charge in [-0.15, -0.1) is 0 Å². The molecule has 2 aromatic rings. The minimum absolute atomic E-state index is 0.0911. The van der Waals surface area contributed by atoms with Crippen LogP contribution in [-0.4, -0.2) is 4.92 Å². The first-order valence-electron chi connectivity index (χ1n) is 5.78. The van der Waals surface area contributed by atoms with Gasteiger partial charge in [-0.25, -0.2) is 4.39 Å². The Morgan fingerprint density at radius 3 is 2.65 bits per heavy atom. The minimum atomic E-state index is -0.518. The molecule has 0 amide bonds. The minimum Gasteiger partial charge on any atom is -0.450 e. The second-order valence-electron chi connectivity index (χ2n) is 4.20. The molecule has 0 radical (unpaired) electrons. The molecule has 0 aliphatic rings. The number of aryl methyl sites for hydroxylation is 1. The van der Waals surface area contributed by atoms with Crippen molar-refractivity contribution < 1.29 is 14.1 Å². The number of benzene rings is 2. The fourth-order valence-electron chi connectivity index (χ4n) is 1.68. The molecule has 0 aliphatic carbocycles. The standard InChI is InChI=1S/C14H11BrFNO3/c1-9-2-4-11(16)7-14(9)20-13-5-3-10(8-15)6-12(13)17(18)19/h2-7H,8H2,1H3. The van der Waals surface area contributed by atoms with Gasteiger partial charge in [-0.1, -0.05) is 28.1 Å². The molecule has 6 heteroatoms. The fraction of sp³-hybridized carbons (Fsp3) is 0.143. The number of ether oxygens (including phenoxy) is 1. The third-order valence-corrected chi connectivity index (χ3v) is 3.39. The lowest BCUT2D eigenvalue weighted by Gasteiger charge is -2.09. The summed E-state index contributed by atoms with van der Waals surface area (Å²) >= 11 is 3.24. The Bertz CT molecular complexity index is 661. The molecule has 4 nitrogen and oxygen atoms in total. The molecule has 2 rings (SSSR count). The molecule has 0 atom stereocenters. The van der Waals surface area contributed by atoms with Gasteiger partial charge in [-0.3, -0.25) is 10.1 Å². The van der Waals surface area contributed by atoms with Crippen molar-refractivity contribution in [3.05, 3.63) is 63.5 Å². The van der Waals surface area contributed by atoms with E-state index >= 15 is 0 Å². The Hall–Kier alpha value is -1.95. The molecule has 104 valence electrons. The van der Waals surface area contributed by atoms with Gasteiger partial charge in [0.2, 0.25) is 5.75 Å². The van der Waals surface area contributed by atoms with Crippen LogP contribution in [0.1, 0.15) is 11.1 Å². The summed E-state index contributed by atoms with van der Waals surface area (Å²) in [5, 5.41) is 11.6. The van der Waals surface area contributed by atoms with Gasteiger partial charge in [0.25, 0.3) is 0 Å². The summed E-state index contributed by atoms with van der Waals surface area (Å²) in [6.07, 6.45) is 0. The van der Waals surface area contributed by atoms with Crippen molar-refractivity contribution in [2.24, 2.45) is 0 Å². The van der Waals surface area contributed by atoms with Crippen LogP contribution in [0.25, 0.3) is 0 Å². The molecule has 0 saturated heterocycles. The Morgan fingerprint density at radius 1 is 1.25 bits per heavy atom. The first kappa shape index (κ1) is 14.5. The highest BCUT2D eigenvalue weighted by atomic mass is 79.9. The maximum absolute atomic E-state index is 13.2. The van der Waals surface area contributed by atoms with Crippen LogP contribution in [0, 0.1) is 22.9 Å². The van der Waals surface area contributed by atoms with E-state index in [9.17, 15) is 14.5 Å². The van der Waals surface area contributed by atoms with Crippen LogP contribution in [0.3, 0.4) is 0 Å². The molecule has 0 bridgehead atoms. The van der Waals surface area contributed by atoms with E-state index in [0.29, 0.717) is 10.9 Å². The summed E-state index contributed by atoms with van der Waals surface area (Å²) in [6, 6.07) is 8.73. The summed E-state index contributed by atoms with van der Waals surface area (Å²) in [5.41, 5.74) is 1.32. The predicted octanol–water partition coefficient (Wildman–Crippen LogP) is 4.73. The van der Waals surface area contributed by atoms with E-state index in [2.05, 4.69) is 15.9 Å². The van der Waals surface area contributed by atoms with Crippen LogP contribution < -0.4 is 4.74 Å². The van der Waals surface area contributed by atoms with Gasteiger partial charge in [0.15, 0.2) is 0 Å². The third-order valence-electron chi connectivity index (χ3n) is 2.74. The average Bonchev–Trinajstić information content (AvgIpc) is 2.43. The summed E-state index contributed by atoms with van der Waals surface area (Å²) < 4.78 is 18.7. The Balaban J connectivity index is 2.42. The Labute approximate surface area is 123 Å². The van der Waals surface area contributed by atoms with Gasteiger partial charge in [0.05, 0.1) is 4.92 Å². The second kappa shape index (κ2) is 6.00. The zero-order chi connectivity index (χ0) is 14.7. The summed E-state index contributed by atoms with van der Waals surface area (Å²) in [4.78, 5) is 10.6. The average molecular weight is 340 g/mol. The molecule has 0 aromatic heterocycles. The van der Waals surface area contributed by atoms with Gasteiger partial charge in [0, 0.05) is 17.5 Å². The van der Waals surface area contributed by atoms with Crippen LogP contribution >= 0.6 is 15.9 Å². The largest absolute Gasteiger partial charge is 0.450 e. The maximum atomic E-state index is 13.2. The number of nitrogens with zero attached hydrogens (tertiary/aromatic N) is 1. The first-order chi connectivity index (χ1) is 9.51. The van der Waals surface area contributed by atoms with Gasteiger partial charge in [0.1, 0.15) is 11.6 Å². The molecule has 0 unspecified atom stereocenters. The van der Waals surface area contributed by atoms with Crippen molar-refractivity contribution >= 4 is 21.6 Å². The third kappa shape index (κ3) is 3.14. The van der Waals surface area contributed by atoms with Crippen molar-refractivity contribution in [3.8, 4) is 11.5 Å². The SMILES string of the molecule is Cc1ccc(F)cc1Oc1ccc(CBr)cc1[N+](=O)[O-]. The molecule has 0 spiro atoms. The maximum Gasteiger partial charge on any atom is 0.311 e. The van der Waals surface area contributed by atoms with Crippen LogP contribution in [0.2, 0.25) is 0 Å². The van der Waals surface area contributed by atoms with Crippen LogP contribution in [-0.2, 0) is 5.33 Å². The lowest BCUT2D eigenvalue weighted by Crippen LogP contribution is -1.96. The van der Waals surface area contributed by atoms with Crippen molar-refractivity contribution in [1.29, 1.82) is 0 Å². The Kier molecular flexibility index (Phi) is 4.34. The Morgan fingerprint density at radius 2 is 2.00 bits per heavy atom. The molecule has 0 heterocycles. The van der Waals surface area contributed by atoms with Crippen LogP contribution in [0.15, 0.2) is 36.4 Å². The quantitative estimate of drug-likeness (QED) is 0.459. The zero-order valence-corrected chi connectivity index (χ0v) is 12.2. The topological polar surface area (TPSA) is 52.4 Å². The van der Waals surface area contributed by atoms with E-state index in [1.165, 1.54) is 24.3 Å². The van der Waals surface area contributed by atoms with E-state index in [1.54, 1.807) is 19.1 Å². The predicted molar refractivity (Wildman–Crippen MR) is 76.9 cm³/mol. The zero-order valence-electron chi connectivity index (χ0n) is 10.6. The van der Waals surface area contributed by atoms with Crippen LogP contribution in [0.4, 0.5) is 10.1 Å². The monoisotopic (exact) mass is 339 g/mol. The molecule has 0 aliphatic heterocycles. The highest BCUT2D eigenvalue weighted by Crippen LogP contribution is 2.34. The molecule has 0 N–H and O–H groups in total. The lowest BCUT2D eigenvalue weighted by atomic mass is 10.2. The van der Waals surface area contributed by atoms with E-state index in [-0.39, 0.29) is 17.2 Å². The number of halogens is 2. The molecular formula is C14H11BrFNO3. The molecule has 20 heavy (non-hydrogen) atoms. The molecule has 0 saturated carbocycles. The lowest BCUT2D eigenvalue weighted by molar-refractivity contribution is -0.385. The number of nitro groups is 1. The normalized spacial score (nSPS) is 10.3. The smallest absolute Gasteiger partial charge is 0.311 e. The van der Waals surface area contributed by atoms with Crippen molar-refractivity contribution in [2.75, 3.05) is 0 Å². The van der Waals surface area contributed by atoms with E-state index < -0.39 is 10.7 Å². The highest BCUT2D eigenvalue weighted by molar-refractivity contribution is 9.08.